The van der Waals surface area contributed by atoms with E-state index in [4.69, 9.17) is 0 Å². The lowest BCUT2D eigenvalue weighted by atomic mass is 9.95. The van der Waals surface area contributed by atoms with Crippen molar-refractivity contribution >= 4 is 29.2 Å². The molecule has 0 fully saturated rings. The van der Waals surface area contributed by atoms with Gasteiger partial charge in [-0.1, -0.05) is 0 Å². The monoisotopic (exact) mass is 222 g/mol. The van der Waals surface area contributed by atoms with E-state index in [-0.39, 0.29) is 0 Å². The number of aryl methyl sites for hydroxylation is 1. The van der Waals surface area contributed by atoms with Crippen molar-refractivity contribution in [2.24, 2.45) is 0 Å². The first-order valence-corrected chi connectivity index (χ1v) is 7.09. The van der Waals surface area contributed by atoms with Gasteiger partial charge in [0.25, 0.3) is 0 Å². The lowest BCUT2D eigenvalue weighted by molar-refractivity contribution is 0.693. The van der Waals surface area contributed by atoms with E-state index in [1.54, 1.807) is 20.9 Å². The summed E-state index contributed by atoms with van der Waals surface area (Å²) < 4.78 is 0. The average Bonchev–Trinajstić information content (AvgIpc) is 2.54. The molecule has 2 heteroatoms. The number of rotatable bonds is 0. The molecule has 1 aromatic rings. The Morgan fingerprint density at radius 2 is 2.00 bits per heavy atom. The largest absolute Gasteiger partial charge is 0.140 e. The van der Waals surface area contributed by atoms with Crippen molar-refractivity contribution in [2.45, 2.75) is 38.4 Å². The van der Waals surface area contributed by atoms with Crippen LogP contribution >= 0.6 is 23.1 Å². The number of thioether (sulfide) groups is 1. The van der Waals surface area contributed by atoms with Gasteiger partial charge in [0.15, 0.2) is 0 Å². The van der Waals surface area contributed by atoms with Crippen molar-refractivity contribution in [3.63, 3.8) is 0 Å². The fourth-order valence-corrected chi connectivity index (χ4v) is 4.82. The Bertz CT molecular complexity index is 399. The van der Waals surface area contributed by atoms with E-state index in [0.717, 1.165) is 0 Å². The molecule has 0 aromatic carbocycles. The van der Waals surface area contributed by atoms with Crippen LogP contribution in [0.3, 0.4) is 0 Å². The van der Waals surface area contributed by atoms with Crippen molar-refractivity contribution in [1.29, 1.82) is 0 Å². The van der Waals surface area contributed by atoms with Gasteiger partial charge in [-0.2, -0.15) is 0 Å². The van der Waals surface area contributed by atoms with E-state index in [0.29, 0.717) is 0 Å². The van der Waals surface area contributed by atoms with E-state index < -0.39 is 0 Å². The Labute approximate surface area is 93.4 Å². The highest BCUT2D eigenvalue weighted by molar-refractivity contribution is 8.02. The lowest BCUT2D eigenvalue weighted by Crippen LogP contribution is -2.01. The summed E-state index contributed by atoms with van der Waals surface area (Å²) in [7, 11) is 0. The van der Waals surface area contributed by atoms with Crippen molar-refractivity contribution < 1.29 is 0 Å². The Balaban J connectivity index is 2.13. The molecule has 1 aliphatic carbocycles. The van der Waals surface area contributed by atoms with Crippen LogP contribution in [-0.2, 0) is 18.6 Å². The summed E-state index contributed by atoms with van der Waals surface area (Å²) in [5.41, 5.74) is 3.38. The quantitative estimate of drug-likeness (QED) is 0.633. The number of allylic oxidation sites excluding steroid dienone is 1. The third-order valence-corrected chi connectivity index (χ3v) is 5.38. The van der Waals surface area contributed by atoms with E-state index in [9.17, 15) is 0 Å². The zero-order chi connectivity index (χ0) is 9.54. The average molecular weight is 222 g/mol. The molecule has 1 aliphatic heterocycles. The Morgan fingerprint density at radius 3 is 2.93 bits per heavy atom. The van der Waals surface area contributed by atoms with Gasteiger partial charge in [-0.3, -0.25) is 0 Å². The second kappa shape index (κ2) is 3.42. The smallest absolute Gasteiger partial charge is 0.0324 e. The van der Waals surface area contributed by atoms with Gasteiger partial charge in [-0.05, 0) is 54.7 Å². The Kier molecular flexibility index (Phi) is 2.21. The molecule has 2 aliphatic rings. The molecule has 0 atom stereocenters. The van der Waals surface area contributed by atoms with Crippen LogP contribution in [0.15, 0.2) is 4.91 Å². The summed E-state index contributed by atoms with van der Waals surface area (Å²) in [4.78, 5) is 4.73. The normalized spacial score (nSPS) is 19.9. The van der Waals surface area contributed by atoms with Gasteiger partial charge in [0, 0.05) is 15.5 Å². The van der Waals surface area contributed by atoms with Crippen LogP contribution in [0.5, 0.6) is 0 Å². The minimum atomic E-state index is 1.23. The summed E-state index contributed by atoms with van der Waals surface area (Å²) >= 11 is 4.06. The van der Waals surface area contributed by atoms with Gasteiger partial charge < -0.3 is 0 Å². The third-order valence-electron chi connectivity index (χ3n) is 3.09. The van der Waals surface area contributed by atoms with E-state index in [1.807, 2.05) is 11.8 Å². The van der Waals surface area contributed by atoms with Crippen LogP contribution < -0.4 is 0 Å². The van der Waals surface area contributed by atoms with Crippen LogP contribution in [0.2, 0.25) is 0 Å². The molecular formula is C12H14S2. The van der Waals surface area contributed by atoms with E-state index in [2.05, 4.69) is 24.3 Å². The maximum absolute atomic E-state index is 2.38. The van der Waals surface area contributed by atoms with Gasteiger partial charge in [0.2, 0.25) is 0 Å². The zero-order valence-electron chi connectivity index (χ0n) is 8.43. The first kappa shape index (κ1) is 9.05. The number of thiophene rings is 1. The predicted molar refractivity (Wildman–Crippen MR) is 65.9 cm³/mol. The van der Waals surface area contributed by atoms with Crippen LogP contribution in [0, 0.1) is 0 Å². The van der Waals surface area contributed by atoms with E-state index in [1.165, 1.54) is 36.3 Å². The molecule has 0 N–H and O–H groups in total. The molecule has 0 bridgehead atoms. The molecule has 1 aromatic heterocycles. The van der Waals surface area contributed by atoms with Crippen LogP contribution in [0.1, 0.15) is 40.6 Å². The molecule has 0 unspecified atom stereocenters. The molecule has 0 saturated heterocycles. The highest BCUT2D eigenvalue weighted by Crippen LogP contribution is 2.42. The van der Waals surface area contributed by atoms with Gasteiger partial charge in [-0.15, -0.1) is 23.1 Å². The molecular weight excluding hydrogens is 208 g/mol. The number of hydrogen-bond acceptors (Lipinski definition) is 2. The maximum atomic E-state index is 2.38. The zero-order valence-corrected chi connectivity index (χ0v) is 10.1. The molecule has 0 amide bonds. The highest BCUT2D eigenvalue weighted by atomic mass is 32.2. The van der Waals surface area contributed by atoms with Crippen molar-refractivity contribution in [3.8, 4) is 0 Å². The minimum absolute atomic E-state index is 1.23. The molecule has 0 nitrogen and oxygen atoms in total. The molecule has 0 saturated carbocycles. The van der Waals surface area contributed by atoms with Crippen molar-refractivity contribution in [3.05, 3.63) is 25.8 Å². The van der Waals surface area contributed by atoms with Gasteiger partial charge in [-0.25, -0.2) is 0 Å². The molecule has 74 valence electrons. The first-order valence-electron chi connectivity index (χ1n) is 5.29. The summed E-state index contributed by atoms with van der Waals surface area (Å²) in [5.74, 6) is 1.23. The molecule has 2 heterocycles. The SMILES string of the molecule is CC1=Cc2sc3c(c2CS1)CCCC3. The predicted octanol–water partition coefficient (Wildman–Crippen LogP) is 4.23. The molecule has 0 radical (unpaired) electrons. The second-order valence-corrected chi connectivity index (χ2v) is 6.46. The maximum Gasteiger partial charge on any atom is 0.0324 e. The van der Waals surface area contributed by atoms with Crippen LogP contribution in [0.25, 0.3) is 6.08 Å². The molecule has 0 spiro atoms. The number of fused-ring (bicyclic) bond motifs is 3. The minimum Gasteiger partial charge on any atom is -0.140 e. The summed E-state index contributed by atoms with van der Waals surface area (Å²) in [5, 5.41) is 0. The topological polar surface area (TPSA) is 0 Å². The fraction of sp³-hybridized carbons (Fsp3) is 0.500. The fourth-order valence-electron chi connectivity index (χ4n) is 2.34. The number of hydrogen-bond donors (Lipinski definition) is 0. The Morgan fingerprint density at radius 1 is 1.14 bits per heavy atom. The van der Waals surface area contributed by atoms with E-state index >= 15 is 0 Å². The second-order valence-electron chi connectivity index (χ2n) is 4.10. The highest BCUT2D eigenvalue weighted by Gasteiger charge is 2.21. The standard InChI is InChI=1S/C12H14S2/c1-8-6-12-10(7-13-8)9-4-2-3-5-11(9)14-12/h6H,2-5,7H2,1H3. The third kappa shape index (κ3) is 1.36. The summed E-state index contributed by atoms with van der Waals surface area (Å²) in [6, 6.07) is 0. The Hall–Kier alpha value is -0.210. The summed E-state index contributed by atoms with van der Waals surface area (Å²) in [6.45, 7) is 2.23. The summed E-state index contributed by atoms with van der Waals surface area (Å²) in [6.07, 6.45) is 7.87. The molecule has 14 heavy (non-hydrogen) atoms. The lowest BCUT2D eigenvalue weighted by Gasteiger charge is -2.14. The molecule has 3 rings (SSSR count). The first-order chi connectivity index (χ1) is 6.84. The van der Waals surface area contributed by atoms with Crippen molar-refractivity contribution in [1.82, 2.24) is 0 Å². The van der Waals surface area contributed by atoms with Gasteiger partial charge in [0.1, 0.15) is 0 Å². The van der Waals surface area contributed by atoms with Gasteiger partial charge >= 0.3 is 0 Å². The van der Waals surface area contributed by atoms with Crippen molar-refractivity contribution in [2.75, 3.05) is 0 Å². The van der Waals surface area contributed by atoms with Crippen LogP contribution in [-0.4, -0.2) is 0 Å². The van der Waals surface area contributed by atoms with Gasteiger partial charge in [0.05, 0.1) is 0 Å². The van der Waals surface area contributed by atoms with Crippen LogP contribution in [0.4, 0.5) is 0 Å².